The molecule has 0 aliphatic heterocycles. The van der Waals surface area contributed by atoms with Crippen LogP contribution in [0.4, 0.5) is 0 Å². The van der Waals surface area contributed by atoms with Crippen LogP contribution in [-0.2, 0) is 18.9 Å². The Hall–Kier alpha value is -2.60. The summed E-state index contributed by atoms with van der Waals surface area (Å²) in [5, 5.41) is 0. The average molecular weight is 418 g/mol. The molecule has 0 aliphatic carbocycles. The Morgan fingerprint density at radius 1 is 0.714 bits per heavy atom. The summed E-state index contributed by atoms with van der Waals surface area (Å²) in [6.45, 7) is 0. The molecule has 0 spiro atoms. The normalized spacial score (nSPS) is 12.9. The third kappa shape index (κ3) is 5.45. The van der Waals surface area contributed by atoms with Crippen molar-refractivity contribution < 1.29 is 26.2 Å². The lowest BCUT2D eigenvalue weighted by atomic mass is 10.2. The number of para-hydroxylation sites is 2. The number of rotatable bonds is 8. The Balaban J connectivity index is 2.09. The van der Waals surface area contributed by atoms with Crippen LogP contribution in [0, 0.1) is 0 Å². The molecule has 0 aliphatic rings. The van der Waals surface area contributed by atoms with Crippen LogP contribution in [0.3, 0.4) is 0 Å². The van der Waals surface area contributed by atoms with Crippen molar-refractivity contribution in [1.82, 2.24) is 0 Å². The highest BCUT2D eigenvalue weighted by atomic mass is 32.2. The van der Waals surface area contributed by atoms with Gasteiger partial charge in [-0.25, -0.2) is 8.75 Å². The van der Waals surface area contributed by atoms with Crippen LogP contribution >= 0.6 is 7.60 Å². The second kappa shape index (κ2) is 8.61. The molecule has 1 atom stereocenters. The monoisotopic (exact) mass is 418 g/mol. The van der Waals surface area contributed by atoms with Gasteiger partial charge in [-0.3, -0.25) is 0 Å². The van der Waals surface area contributed by atoms with Gasteiger partial charge in [0.2, 0.25) is 5.85 Å². The molecule has 1 unspecified atom stereocenters. The van der Waals surface area contributed by atoms with E-state index in [1.54, 1.807) is 91.0 Å². The summed E-state index contributed by atoms with van der Waals surface area (Å²) < 4.78 is 54.3. The quantitative estimate of drug-likeness (QED) is 0.378. The highest BCUT2D eigenvalue weighted by Gasteiger charge is 2.44. The molecule has 8 heteroatoms. The smallest absolute Gasteiger partial charge is 0.414 e. The van der Waals surface area contributed by atoms with Gasteiger partial charge in [0.1, 0.15) is 11.5 Å². The van der Waals surface area contributed by atoms with Gasteiger partial charge in [0.25, 0.3) is 10.1 Å². The first-order valence-electron chi connectivity index (χ1n) is 8.38. The molecule has 146 valence electrons. The number of benzene rings is 3. The maximum atomic E-state index is 13.9. The van der Waals surface area contributed by atoms with Gasteiger partial charge in [0.15, 0.2) is 0 Å². The Labute approximate surface area is 164 Å². The average Bonchev–Trinajstić information content (AvgIpc) is 2.67. The van der Waals surface area contributed by atoms with E-state index in [9.17, 15) is 13.0 Å². The van der Waals surface area contributed by atoms with Gasteiger partial charge in [0.05, 0.1) is 6.26 Å². The van der Waals surface area contributed by atoms with Gasteiger partial charge in [0, 0.05) is 0 Å². The van der Waals surface area contributed by atoms with Crippen molar-refractivity contribution >= 4 is 17.7 Å². The van der Waals surface area contributed by atoms with E-state index < -0.39 is 23.6 Å². The van der Waals surface area contributed by atoms with Gasteiger partial charge in [-0.15, -0.1) is 0 Å². The lowest BCUT2D eigenvalue weighted by Crippen LogP contribution is -2.17. The fourth-order valence-electron chi connectivity index (χ4n) is 2.44. The minimum atomic E-state index is -4.19. The molecule has 0 saturated heterocycles. The predicted octanol–water partition coefficient (Wildman–Crippen LogP) is 5.01. The van der Waals surface area contributed by atoms with Crippen LogP contribution in [-0.4, -0.2) is 14.7 Å². The van der Waals surface area contributed by atoms with Gasteiger partial charge in [-0.1, -0.05) is 66.7 Å². The van der Waals surface area contributed by atoms with Crippen LogP contribution in [0.1, 0.15) is 11.4 Å². The van der Waals surface area contributed by atoms with Crippen molar-refractivity contribution in [3.05, 3.63) is 96.6 Å². The molecule has 3 aromatic carbocycles. The van der Waals surface area contributed by atoms with Crippen LogP contribution in [0.25, 0.3) is 0 Å². The SMILES string of the molecule is CS(=O)(=O)OC(c1ccccc1)P(=O)(Oc1ccccc1)Oc1ccccc1. The van der Waals surface area contributed by atoms with Gasteiger partial charge < -0.3 is 9.05 Å². The van der Waals surface area contributed by atoms with Crippen molar-refractivity contribution in [1.29, 1.82) is 0 Å². The molecule has 3 rings (SSSR count). The van der Waals surface area contributed by atoms with E-state index in [2.05, 4.69) is 0 Å². The molecule has 6 nitrogen and oxygen atoms in total. The van der Waals surface area contributed by atoms with Crippen molar-refractivity contribution in [2.45, 2.75) is 5.85 Å². The van der Waals surface area contributed by atoms with Crippen molar-refractivity contribution in [2.24, 2.45) is 0 Å². The summed E-state index contributed by atoms with van der Waals surface area (Å²) in [5.74, 6) is -0.955. The zero-order valence-corrected chi connectivity index (χ0v) is 16.8. The van der Waals surface area contributed by atoms with E-state index in [0.717, 1.165) is 6.26 Å². The Morgan fingerprint density at radius 3 is 1.50 bits per heavy atom. The van der Waals surface area contributed by atoms with Crippen molar-refractivity contribution in [3.63, 3.8) is 0 Å². The molecular weight excluding hydrogens is 399 g/mol. The van der Waals surface area contributed by atoms with E-state index >= 15 is 0 Å². The zero-order chi connectivity index (χ0) is 20.0. The van der Waals surface area contributed by atoms with E-state index in [-0.39, 0.29) is 11.5 Å². The second-order valence-corrected chi connectivity index (χ2v) is 9.43. The second-order valence-electron chi connectivity index (χ2n) is 5.91. The first kappa shape index (κ1) is 20.1. The summed E-state index contributed by atoms with van der Waals surface area (Å²) in [6.07, 6.45) is 0.887. The molecule has 3 aromatic rings. The topological polar surface area (TPSA) is 78.9 Å². The highest BCUT2D eigenvalue weighted by molar-refractivity contribution is 7.86. The lowest BCUT2D eigenvalue weighted by molar-refractivity contribution is 0.240. The Morgan fingerprint density at radius 2 is 1.11 bits per heavy atom. The largest absolute Gasteiger partial charge is 0.465 e. The van der Waals surface area contributed by atoms with E-state index in [0.29, 0.717) is 5.56 Å². The number of hydrogen-bond acceptors (Lipinski definition) is 6. The molecular formula is C20H19O6PS. The third-order valence-corrected chi connectivity index (χ3v) is 6.18. The molecule has 0 N–H and O–H groups in total. The standard InChI is InChI=1S/C20H19O6PS/c1-28(22,23)26-20(17-11-5-2-6-12-17)27(21,24-18-13-7-3-8-14-18)25-19-15-9-4-10-16-19/h2-16,20H,1H3. The zero-order valence-electron chi connectivity index (χ0n) is 15.0. The fraction of sp³-hybridized carbons (Fsp3) is 0.100. The molecule has 0 amide bonds. The summed E-state index contributed by atoms with van der Waals surface area (Å²) in [6, 6.07) is 25.1. The Bertz CT molecular complexity index is 994. The van der Waals surface area contributed by atoms with Crippen LogP contribution in [0.5, 0.6) is 11.5 Å². The molecule has 0 radical (unpaired) electrons. The van der Waals surface area contributed by atoms with E-state index in [1.807, 2.05) is 0 Å². The lowest BCUT2D eigenvalue weighted by Gasteiger charge is -2.27. The molecule has 0 heterocycles. The third-order valence-electron chi connectivity index (χ3n) is 3.59. The van der Waals surface area contributed by atoms with Gasteiger partial charge in [-0.05, 0) is 29.8 Å². The summed E-state index contributed by atoms with van der Waals surface area (Å²) >= 11 is 0. The van der Waals surface area contributed by atoms with E-state index in [1.165, 1.54) is 0 Å². The summed E-state index contributed by atoms with van der Waals surface area (Å²) in [4.78, 5) is 0. The fourth-order valence-corrected chi connectivity index (χ4v) is 5.38. The first-order valence-corrected chi connectivity index (χ1v) is 11.8. The minimum Gasteiger partial charge on any atom is -0.414 e. The van der Waals surface area contributed by atoms with Crippen molar-refractivity contribution in [3.8, 4) is 11.5 Å². The van der Waals surface area contributed by atoms with E-state index in [4.69, 9.17) is 13.2 Å². The predicted molar refractivity (Wildman–Crippen MR) is 107 cm³/mol. The molecule has 0 aromatic heterocycles. The van der Waals surface area contributed by atoms with Crippen molar-refractivity contribution in [2.75, 3.05) is 6.26 Å². The molecule has 0 fully saturated rings. The number of hydrogen-bond donors (Lipinski definition) is 0. The van der Waals surface area contributed by atoms with Crippen LogP contribution < -0.4 is 9.05 Å². The summed E-state index contributed by atoms with van der Waals surface area (Å²) in [7, 11) is -8.16. The summed E-state index contributed by atoms with van der Waals surface area (Å²) in [5.41, 5.74) is 0.350. The Kier molecular flexibility index (Phi) is 6.19. The maximum Gasteiger partial charge on any atom is 0.465 e. The van der Waals surface area contributed by atoms with Gasteiger partial charge >= 0.3 is 7.60 Å². The molecule has 0 saturated carbocycles. The maximum absolute atomic E-state index is 13.9. The molecule has 0 bridgehead atoms. The first-order chi connectivity index (χ1) is 13.4. The molecule has 28 heavy (non-hydrogen) atoms. The minimum absolute atomic E-state index is 0.264. The van der Waals surface area contributed by atoms with Gasteiger partial charge in [-0.2, -0.15) is 8.42 Å². The van der Waals surface area contributed by atoms with Crippen LogP contribution in [0.15, 0.2) is 91.0 Å². The highest BCUT2D eigenvalue weighted by Crippen LogP contribution is 2.61. The van der Waals surface area contributed by atoms with Crippen LogP contribution in [0.2, 0.25) is 0 Å².